The van der Waals surface area contributed by atoms with Crippen LogP contribution in [0.1, 0.15) is 42.5 Å². The van der Waals surface area contributed by atoms with Crippen molar-refractivity contribution in [2.75, 3.05) is 17.5 Å². The summed E-state index contributed by atoms with van der Waals surface area (Å²) in [5.41, 5.74) is 6.42. The molecule has 2 aliphatic rings. The first-order chi connectivity index (χ1) is 17.2. The Kier molecular flexibility index (Phi) is 6.67. The average Bonchev–Trinajstić information content (AvgIpc) is 3.53. The first kappa shape index (κ1) is 22.9. The number of benzene rings is 2. The Hall–Kier alpha value is -3.85. The lowest BCUT2D eigenvalue weighted by molar-refractivity contribution is -0.112. The van der Waals surface area contributed by atoms with Gasteiger partial charge < -0.3 is 4.74 Å². The van der Waals surface area contributed by atoms with Gasteiger partial charge in [-0.25, -0.2) is 9.78 Å². The number of anilines is 2. The molecule has 0 radical (unpaired) electrons. The van der Waals surface area contributed by atoms with Crippen LogP contribution in [0.25, 0.3) is 11.3 Å². The quantitative estimate of drug-likeness (QED) is 0.374. The summed E-state index contributed by atoms with van der Waals surface area (Å²) in [6, 6.07) is 16.7. The van der Waals surface area contributed by atoms with Crippen LogP contribution in [0, 0.1) is 5.92 Å². The van der Waals surface area contributed by atoms with Crippen molar-refractivity contribution in [3.8, 4) is 11.3 Å². The molecular formula is C26H25N5O3S. The Morgan fingerprint density at radius 3 is 2.60 bits per heavy atom. The molecule has 1 aliphatic carbocycles. The maximum Gasteiger partial charge on any atom is 0.340 e. The van der Waals surface area contributed by atoms with Gasteiger partial charge in [-0.2, -0.15) is 15.2 Å². The standard InChI is InChI=1S/C26H25N5O3S/c1-34-25(33)19-14-8-9-15-20(19)28-29-23-22(18-12-6-3-7-13-18)30-31(24(23)32)26-27-21(16-35-26)17-10-4-2-5-11-17/h2,4-5,8-11,14-16,18,28H,3,6-7,12-13H2,1H3/b29-23-. The highest BCUT2D eigenvalue weighted by Gasteiger charge is 2.39. The number of hydrogen-bond donors (Lipinski definition) is 1. The minimum atomic E-state index is -0.481. The summed E-state index contributed by atoms with van der Waals surface area (Å²) in [4.78, 5) is 30.3. The Balaban J connectivity index is 1.47. The highest BCUT2D eigenvalue weighted by molar-refractivity contribution is 7.14. The van der Waals surface area contributed by atoms with Crippen LogP contribution < -0.4 is 10.4 Å². The average molecular weight is 488 g/mol. The topological polar surface area (TPSA) is 96.2 Å². The van der Waals surface area contributed by atoms with E-state index in [1.807, 2.05) is 35.7 Å². The molecule has 0 saturated heterocycles. The van der Waals surface area contributed by atoms with E-state index in [0.717, 1.165) is 36.9 Å². The first-order valence-corrected chi connectivity index (χ1v) is 12.5. The fourth-order valence-electron chi connectivity index (χ4n) is 4.38. The van der Waals surface area contributed by atoms with Crippen molar-refractivity contribution in [2.24, 2.45) is 16.1 Å². The predicted molar refractivity (Wildman–Crippen MR) is 138 cm³/mol. The largest absolute Gasteiger partial charge is 0.465 e. The van der Waals surface area contributed by atoms with Crippen molar-refractivity contribution < 1.29 is 14.3 Å². The number of methoxy groups -OCH3 is 1. The fraction of sp³-hybridized carbons (Fsp3) is 0.269. The third-order valence-electron chi connectivity index (χ3n) is 6.20. The van der Waals surface area contributed by atoms with Gasteiger partial charge in [-0.3, -0.25) is 10.2 Å². The molecule has 8 nitrogen and oxygen atoms in total. The number of carbonyl (C=O) groups excluding carboxylic acids is 2. The maximum absolute atomic E-state index is 13.5. The van der Waals surface area contributed by atoms with Gasteiger partial charge in [-0.15, -0.1) is 11.3 Å². The van der Waals surface area contributed by atoms with Crippen molar-refractivity contribution in [3.63, 3.8) is 0 Å². The highest BCUT2D eigenvalue weighted by Crippen LogP contribution is 2.33. The van der Waals surface area contributed by atoms with Crippen LogP contribution in [0.15, 0.2) is 70.2 Å². The molecule has 2 aromatic carbocycles. The Morgan fingerprint density at radius 2 is 1.83 bits per heavy atom. The number of nitrogens with one attached hydrogen (secondary N) is 1. The molecule has 1 amide bonds. The maximum atomic E-state index is 13.5. The third-order valence-corrected chi connectivity index (χ3v) is 7.02. The molecule has 3 aromatic rings. The molecule has 5 rings (SSSR count). The van der Waals surface area contributed by atoms with Gasteiger partial charge in [-0.1, -0.05) is 61.7 Å². The fourth-order valence-corrected chi connectivity index (χ4v) is 5.16. The Labute approximate surface area is 207 Å². The first-order valence-electron chi connectivity index (χ1n) is 11.6. The van der Waals surface area contributed by atoms with E-state index in [1.165, 1.54) is 29.9 Å². The van der Waals surface area contributed by atoms with Gasteiger partial charge in [0.2, 0.25) is 5.13 Å². The molecular weight excluding hydrogens is 462 g/mol. The number of ether oxygens (including phenoxy) is 1. The van der Waals surface area contributed by atoms with Gasteiger partial charge in [0.25, 0.3) is 0 Å². The zero-order valence-electron chi connectivity index (χ0n) is 19.3. The van der Waals surface area contributed by atoms with Crippen LogP contribution in [0.2, 0.25) is 0 Å². The molecule has 0 spiro atoms. The molecule has 178 valence electrons. The molecule has 1 N–H and O–H groups in total. The van der Waals surface area contributed by atoms with Crippen LogP contribution in [-0.4, -0.2) is 35.4 Å². The minimum absolute atomic E-state index is 0.155. The smallest absolute Gasteiger partial charge is 0.340 e. The molecule has 1 aromatic heterocycles. The van der Waals surface area contributed by atoms with Crippen LogP contribution >= 0.6 is 11.3 Å². The second kappa shape index (κ2) is 10.2. The molecule has 1 aliphatic heterocycles. The van der Waals surface area contributed by atoms with E-state index < -0.39 is 5.97 Å². The summed E-state index contributed by atoms with van der Waals surface area (Å²) >= 11 is 1.37. The summed E-state index contributed by atoms with van der Waals surface area (Å²) in [7, 11) is 1.33. The molecule has 0 atom stereocenters. The van der Waals surface area contributed by atoms with Crippen molar-refractivity contribution in [1.82, 2.24) is 4.98 Å². The lowest BCUT2D eigenvalue weighted by atomic mass is 9.84. The SMILES string of the molecule is COC(=O)c1ccccc1N/N=C1\C(=O)N(c2nc(-c3ccccc3)cs2)N=C1C1CCCCC1. The van der Waals surface area contributed by atoms with Gasteiger partial charge >= 0.3 is 11.9 Å². The van der Waals surface area contributed by atoms with Crippen molar-refractivity contribution in [2.45, 2.75) is 32.1 Å². The third kappa shape index (κ3) is 4.72. The van der Waals surface area contributed by atoms with Crippen molar-refractivity contribution in [1.29, 1.82) is 0 Å². The second-order valence-electron chi connectivity index (χ2n) is 8.43. The summed E-state index contributed by atoms with van der Waals surface area (Å²) in [5, 5.41) is 13.0. The van der Waals surface area contributed by atoms with E-state index in [1.54, 1.807) is 24.3 Å². The van der Waals surface area contributed by atoms with Gasteiger partial charge in [0.1, 0.15) is 0 Å². The molecule has 0 bridgehead atoms. The number of hydrogen-bond acceptors (Lipinski definition) is 8. The number of carbonyl (C=O) groups is 2. The molecule has 9 heteroatoms. The zero-order valence-corrected chi connectivity index (χ0v) is 20.1. The molecule has 1 fully saturated rings. The van der Waals surface area contributed by atoms with Crippen molar-refractivity contribution >= 4 is 45.5 Å². The van der Waals surface area contributed by atoms with Gasteiger partial charge in [0.05, 0.1) is 29.8 Å². The lowest BCUT2D eigenvalue weighted by Crippen LogP contribution is -2.31. The van der Waals surface area contributed by atoms with Crippen molar-refractivity contribution in [3.05, 3.63) is 65.5 Å². The summed E-state index contributed by atoms with van der Waals surface area (Å²) < 4.78 is 4.87. The van der Waals surface area contributed by atoms with E-state index in [0.29, 0.717) is 22.1 Å². The number of amides is 1. The molecule has 35 heavy (non-hydrogen) atoms. The molecule has 0 unspecified atom stereocenters. The van der Waals surface area contributed by atoms with Gasteiger partial charge in [0, 0.05) is 16.9 Å². The summed E-state index contributed by atoms with van der Waals surface area (Å²) in [6.45, 7) is 0. The molecule has 2 heterocycles. The number of hydrazone groups is 2. The number of aromatic nitrogens is 1. The number of esters is 1. The second-order valence-corrected chi connectivity index (χ2v) is 9.26. The Bertz CT molecular complexity index is 1300. The highest BCUT2D eigenvalue weighted by atomic mass is 32.1. The minimum Gasteiger partial charge on any atom is -0.465 e. The van der Waals surface area contributed by atoms with E-state index in [2.05, 4.69) is 15.5 Å². The number of thiazole rings is 1. The predicted octanol–water partition coefficient (Wildman–Crippen LogP) is 5.35. The number of rotatable bonds is 6. The Morgan fingerprint density at radius 1 is 1.09 bits per heavy atom. The van der Waals surface area contributed by atoms with E-state index >= 15 is 0 Å². The van der Waals surface area contributed by atoms with Crippen LogP contribution in [0.5, 0.6) is 0 Å². The van der Waals surface area contributed by atoms with E-state index in [-0.39, 0.29) is 17.5 Å². The van der Waals surface area contributed by atoms with E-state index in [9.17, 15) is 9.59 Å². The van der Waals surface area contributed by atoms with E-state index in [4.69, 9.17) is 9.84 Å². The van der Waals surface area contributed by atoms with Crippen LogP contribution in [0.4, 0.5) is 10.8 Å². The van der Waals surface area contributed by atoms with Crippen LogP contribution in [-0.2, 0) is 9.53 Å². The molecule has 1 saturated carbocycles. The van der Waals surface area contributed by atoms with Gasteiger partial charge in [0.15, 0.2) is 5.71 Å². The monoisotopic (exact) mass is 487 g/mol. The zero-order chi connectivity index (χ0) is 24.2. The lowest BCUT2D eigenvalue weighted by Gasteiger charge is -2.20. The number of para-hydroxylation sites is 1. The number of nitrogens with zero attached hydrogens (tertiary/aromatic N) is 4. The summed E-state index contributed by atoms with van der Waals surface area (Å²) in [6.07, 6.45) is 5.31. The van der Waals surface area contributed by atoms with Gasteiger partial charge in [-0.05, 0) is 25.0 Å². The summed E-state index contributed by atoms with van der Waals surface area (Å²) in [5.74, 6) is -0.657. The van der Waals surface area contributed by atoms with Crippen LogP contribution in [0.3, 0.4) is 0 Å². The normalized spacial score (nSPS) is 17.5.